The monoisotopic (exact) mass is 188 g/mol. The summed E-state index contributed by atoms with van der Waals surface area (Å²) in [5, 5.41) is 0. The van der Waals surface area contributed by atoms with Crippen LogP contribution in [-0.4, -0.2) is 8.07 Å². The Morgan fingerprint density at radius 2 is 1.77 bits per heavy atom. The SMILES string of the molecule is C=C1c2ccccc2C1[Si](C)(C)C. The summed E-state index contributed by atoms with van der Waals surface area (Å²) >= 11 is 0. The lowest BCUT2D eigenvalue weighted by Crippen LogP contribution is -2.37. The summed E-state index contributed by atoms with van der Waals surface area (Å²) in [6, 6.07) is 8.68. The number of rotatable bonds is 1. The molecule has 1 unspecified atom stereocenters. The van der Waals surface area contributed by atoms with E-state index in [9.17, 15) is 0 Å². The van der Waals surface area contributed by atoms with Crippen molar-refractivity contribution in [2.75, 3.05) is 0 Å². The van der Waals surface area contributed by atoms with Crippen LogP contribution in [0, 0.1) is 0 Å². The Morgan fingerprint density at radius 3 is 2.38 bits per heavy atom. The molecular weight excluding hydrogens is 172 g/mol. The summed E-state index contributed by atoms with van der Waals surface area (Å²) in [5.41, 5.74) is 5.00. The molecule has 0 nitrogen and oxygen atoms in total. The number of allylic oxidation sites excluding steroid dienone is 1. The van der Waals surface area contributed by atoms with E-state index in [-0.39, 0.29) is 0 Å². The van der Waals surface area contributed by atoms with Crippen LogP contribution in [0.5, 0.6) is 0 Å². The minimum Gasteiger partial charge on any atom is -0.0949 e. The normalized spacial score (nSPS) is 20.8. The predicted molar refractivity (Wildman–Crippen MR) is 61.6 cm³/mol. The maximum Gasteiger partial charge on any atom is 0.0573 e. The minimum absolute atomic E-state index is 0.698. The van der Waals surface area contributed by atoms with E-state index >= 15 is 0 Å². The average Bonchev–Trinajstić information content (AvgIpc) is 2.00. The molecular formula is C12H16Si. The molecule has 0 saturated carbocycles. The molecule has 0 fully saturated rings. The van der Waals surface area contributed by atoms with Gasteiger partial charge in [0.1, 0.15) is 0 Å². The van der Waals surface area contributed by atoms with Crippen molar-refractivity contribution >= 4 is 13.6 Å². The highest BCUT2D eigenvalue weighted by Crippen LogP contribution is 2.49. The standard InChI is InChI=1S/C12H16Si/c1-9-10-7-5-6-8-11(10)12(9)13(2,3)4/h5-8,12H,1H2,2-4H3. The van der Waals surface area contributed by atoms with Crippen molar-refractivity contribution in [2.24, 2.45) is 0 Å². The molecule has 0 radical (unpaired) electrons. The molecule has 1 aliphatic carbocycles. The first-order valence-corrected chi connectivity index (χ1v) is 8.37. The van der Waals surface area contributed by atoms with E-state index in [2.05, 4.69) is 50.5 Å². The fraction of sp³-hybridized carbons (Fsp3) is 0.333. The molecule has 1 aromatic carbocycles. The van der Waals surface area contributed by atoms with Gasteiger partial charge in [-0.3, -0.25) is 0 Å². The van der Waals surface area contributed by atoms with Crippen molar-refractivity contribution in [3.05, 3.63) is 42.0 Å². The highest BCUT2D eigenvalue weighted by Gasteiger charge is 2.39. The van der Waals surface area contributed by atoms with E-state index < -0.39 is 8.07 Å². The van der Waals surface area contributed by atoms with Crippen molar-refractivity contribution in [2.45, 2.75) is 25.2 Å². The van der Waals surface area contributed by atoms with Crippen LogP contribution in [0.3, 0.4) is 0 Å². The number of hydrogen-bond acceptors (Lipinski definition) is 0. The van der Waals surface area contributed by atoms with Crippen LogP contribution in [0.25, 0.3) is 5.57 Å². The Bertz CT molecular complexity index is 358. The van der Waals surface area contributed by atoms with Gasteiger partial charge in [0.15, 0.2) is 0 Å². The molecule has 1 atom stereocenters. The van der Waals surface area contributed by atoms with Crippen molar-refractivity contribution in [1.29, 1.82) is 0 Å². The zero-order valence-corrected chi connectivity index (χ0v) is 9.59. The van der Waals surface area contributed by atoms with Gasteiger partial charge >= 0.3 is 0 Å². The topological polar surface area (TPSA) is 0 Å². The third-order valence-corrected chi connectivity index (χ3v) is 5.22. The fourth-order valence-electron chi connectivity index (χ4n) is 2.30. The van der Waals surface area contributed by atoms with Crippen molar-refractivity contribution in [3.8, 4) is 0 Å². The average molecular weight is 188 g/mol. The molecule has 13 heavy (non-hydrogen) atoms. The molecule has 1 heteroatoms. The van der Waals surface area contributed by atoms with E-state index in [1.807, 2.05) is 0 Å². The van der Waals surface area contributed by atoms with E-state index in [1.165, 1.54) is 16.7 Å². The quantitative estimate of drug-likeness (QED) is 0.590. The predicted octanol–water partition coefficient (Wildman–Crippen LogP) is 3.67. The highest BCUT2D eigenvalue weighted by molar-refractivity contribution is 6.79. The molecule has 1 aliphatic rings. The Kier molecular flexibility index (Phi) is 1.74. The van der Waals surface area contributed by atoms with Gasteiger partial charge < -0.3 is 0 Å². The van der Waals surface area contributed by atoms with Gasteiger partial charge in [0.25, 0.3) is 0 Å². The smallest absolute Gasteiger partial charge is 0.0573 e. The number of fused-ring (bicyclic) bond motifs is 1. The summed E-state index contributed by atoms with van der Waals surface area (Å²) in [6.07, 6.45) is 0. The van der Waals surface area contributed by atoms with E-state index in [0.29, 0.717) is 5.54 Å². The summed E-state index contributed by atoms with van der Waals surface area (Å²) in [5.74, 6) is 0. The molecule has 0 spiro atoms. The second kappa shape index (κ2) is 2.58. The van der Waals surface area contributed by atoms with Gasteiger partial charge in [0, 0.05) is 5.54 Å². The Hall–Kier alpha value is -0.823. The largest absolute Gasteiger partial charge is 0.0949 e. The van der Waals surface area contributed by atoms with Gasteiger partial charge in [0.2, 0.25) is 0 Å². The number of hydrogen-bond donors (Lipinski definition) is 0. The third-order valence-electron chi connectivity index (χ3n) is 2.83. The van der Waals surface area contributed by atoms with Crippen LogP contribution in [-0.2, 0) is 0 Å². The third kappa shape index (κ3) is 1.19. The van der Waals surface area contributed by atoms with Crippen LogP contribution in [0.15, 0.2) is 30.8 Å². The number of benzene rings is 1. The van der Waals surface area contributed by atoms with Crippen LogP contribution >= 0.6 is 0 Å². The molecule has 0 aliphatic heterocycles. The van der Waals surface area contributed by atoms with Crippen molar-refractivity contribution in [1.82, 2.24) is 0 Å². The summed E-state index contributed by atoms with van der Waals surface area (Å²) in [6.45, 7) is 11.4. The van der Waals surface area contributed by atoms with Crippen LogP contribution in [0.1, 0.15) is 16.7 Å². The molecule has 0 heterocycles. The summed E-state index contributed by atoms with van der Waals surface area (Å²) in [4.78, 5) is 0. The Morgan fingerprint density at radius 1 is 1.15 bits per heavy atom. The first-order valence-electron chi connectivity index (χ1n) is 4.80. The second-order valence-electron chi connectivity index (χ2n) is 4.91. The van der Waals surface area contributed by atoms with Crippen molar-refractivity contribution in [3.63, 3.8) is 0 Å². The lowest BCUT2D eigenvalue weighted by molar-refractivity contribution is 1.06. The molecule has 0 bridgehead atoms. The van der Waals surface area contributed by atoms with E-state index in [4.69, 9.17) is 0 Å². The zero-order chi connectivity index (χ0) is 9.64. The first kappa shape index (κ1) is 8.76. The Labute approximate surface area is 81.3 Å². The molecule has 0 N–H and O–H groups in total. The lowest BCUT2D eigenvalue weighted by Gasteiger charge is -2.41. The Balaban J connectivity index is 2.46. The van der Waals surface area contributed by atoms with Gasteiger partial charge in [-0.15, -0.1) is 0 Å². The van der Waals surface area contributed by atoms with Gasteiger partial charge in [-0.05, 0) is 16.7 Å². The first-order chi connectivity index (χ1) is 6.02. The molecule has 2 rings (SSSR count). The second-order valence-corrected chi connectivity index (χ2v) is 10.2. The van der Waals surface area contributed by atoms with Gasteiger partial charge in [-0.1, -0.05) is 50.5 Å². The molecule has 0 aromatic heterocycles. The maximum atomic E-state index is 4.18. The van der Waals surface area contributed by atoms with Crippen LogP contribution < -0.4 is 0 Å². The van der Waals surface area contributed by atoms with E-state index in [0.717, 1.165) is 0 Å². The van der Waals surface area contributed by atoms with Crippen molar-refractivity contribution < 1.29 is 0 Å². The van der Waals surface area contributed by atoms with Crippen LogP contribution in [0.4, 0.5) is 0 Å². The molecule has 68 valence electrons. The van der Waals surface area contributed by atoms with Gasteiger partial charge in [0.05, 0.1) is 8.07 Å². The highest BCUT2D eigenvalue weighted by atomic mass is 28.3. The van der Waals surface area contributed by atoms with E-state index in [1.54, 1.807) is 0 Å². The fourth-order valence-corrected chi connectivity index (χ4v) is 4.68. The molecule has 1 aromatic rings. The summed E-state index contributed by atoms with van der Waals surface area (Å²) < 4.78 is 0. The minimum atomic E-state index is -1.09. The summed E-state index contributed by atoms with van der Waals surface area (Å²) in [7, 11) is -1.09. The van der Waals surface area contributed by atoms with Gasteiger partial charge in [-0.2, -0.15) is 0 Å². The lowest BCUT2D eigenvalue weighted by atomic mass is 9.83. The maximum absolute atomic E-state index is 4.18. The molecule has 0 saturated heterocycles. The zero-order valence-electron chi connectivity index (χ0n) is 8.59. The molecule has 0 amide bonds. The van der Waals surface area contributed by atoms with Crippen LogP contribution in [0.2, 0.25) is 19.6 Å². The van der Waals surface area contributed by atoms with Gasteiger partial charge in [-0.25, -0.2) is 0 Å².